The van der Waals surface area contributed by atoms with Crippen LogP contribution < -0.4 is 0 Å². The molecule has 76 valence electrons. The number of methoxy groups -OCH3 is 1. The van der Waals surface area contributed by atoms with Crippen LogP contribution in [-0.2, 0) is 4.74 Å². The summed E-state index contributed by atoms with van der Waals surface area (Å²) in [6.07, 6.45) is 0. The van der Waals surface area contributed by atoms with Crippen LogP contribution in [0.3, 0.4) is 0 Å². The molecule has 0 fully saturated rings. The van der Waals surface area contributed by atoms with Gasteiger partial charge < -0.3 is 4.74 Å². The summed E-state index contributed by atoms with van der Waals surface area (Å²) in [4.78, 5) is 4.54. The SMILES string of the molecule is COCC(C)=Nc1c(C)cccc1C. The van der Waals surface area contributed by atoms with Crippen molar-refractivity contribution in [3.63, 3.8) is 0 Å². The highest BCUT2D eigenvalue weighted by Gasteiger charge is 2.00. The molecule has 0 heterocycles. The standard InChI is InChI=1S/C12H17NO/c1-9-6-5-7-10(2)12(9)13-11(3)8-14-4/h5-7H,8H2,1-4H3. The summed E-state index contributed by atoms with van der Waals surface area (Å²) in [6.45, 7) is 6.72. The minimum atomic E-state index is 0.591. The molecule has 2 heteroatoms. The minimum absolute atomic E-state index is 0.591. The second kappa shape index (κ2) is 4.91. The molecule has 0 saturated carbocycles. The van der Waals surface area contributed by atoms with E-state index < -0.39 is 0 Å². The quantitative estimate of drug-likeness (QED) is 0.673. The zero-order valence-corrected chi connectivity index (χ0v) is 9.29. The van der Waals surface area contributed by atoms with Crippen molar-refractivity contribution in [1.82, 2.24) is 0 Å². The summed E-state index contributed by atoms with van der Waals surface area (Å²) in [5.41, 5.74) is 4.49. The normalized spacial score (nSPS) is 11.9. The first-order valence-electron chi connectivity index (χ1n) is 4.74. The van der Waals surface area contributed by atoms with Crippen molar-refractivity contribution in [3.05, 3.63) is 29.3 Å². The molecule has 0 aliphatic carbocycles. The average Bonchev–Trinajstić information content (AvgIpc) is 2.12. The Bertz CT molecular complexity index is 322. The third kappa shape index (κ3) is 2.67. The van der Waals surface area contributed by atoms with Crippen molar-refractivity contribution in [2.24, 2.45) is 4.99 Å². The van der Waals surface area contributed by atoms with Gasteiger partial charge in [0.25, 0.3) is 0 Å². The van der Waals surface area contributed by atoms with Crippen LogP contribution in [0.1, 0.15) is 18.1 Å². The van der Waals surface area contributed by atoms with Gasteiger partial charge >= 0.3 is 0 Å². The number of hydrogen-bond acceptors (Lipinski definition) is 2. The molecular weight excluding hydrogens is 174 g/mol. The molecule has 0 spiro atoms. The molecule has 0 saturated heterocycles. The smallest absolute Gasteiger partial charge is 0.0842 e. The van der Waals surface area contributed by atoms with Crippen LogP contribution in [0.5, 0.6) is 0 Å². The zero-order chi connectivity index (χ0) is 10.6. The van der Waals surface area contributed by atoms with E-state index in [-0.39, 0.29) is 0 Å². The molecule has 2 nitrogen and oxygen atoms in total. The molecule has 1 aromatic carbocycles. The summed E-state index contributed by atoms with van der Waals surface area (Å²) >= 11 is 0. The second-order valence-electron chi connectivity index (χ2n) is 3.52. The first-order chi connectivity index (χ1) is 6.65. The van der Waals surface area contributed by atoms with Crippen molar-refractivity contribution in [1.29, 1.82) is 0 Å². The Hall–Kier alpha value is -1.15. The predicted octanol–water partition coefficient (Wildman–Crippen LogP) is 3.04. The molecule has 0 N–H and O–H groups in total. The Morgan fingerprint density at radius 3 is 2.36 bits per heavy atom. The maximum Gasteiger partial charge on any atom is 0.0842 e. The lowest BCUT2D eigenvalue weighted by atomic mass is 10.1. The molecular formula is C12H17NO. The predicted molar refractivity (Wildman–Crippen MR) is 60.6 cm³/mol. The average molecular weight is 191 g/mol. The van der Waals surface area contributed by atoms with Gasteiger partial charge in [-0.25, -0.2) is 0 Å². The molecule has 14 heavy (non-hydrogen) atoms. The fraction of sp³-hybridized carbons (Fsp3) is 0.417. The number of aliphatic imine (C=N–C) groups is 1. The van der Waals surface area contributed by atoms with E-state index in [9.17, 15) is 0 Å². The van der Waals surface area contributed by atoms with Crippen LogP contribution in [0, 0.1) is 13.8 Å². The molecule has 0 amide bonds. The fourth-order valence-electron chi connectivity index (χ4n) is 1.41. The van der Waals surface area contributed by atoms with Crippen LogP contribution in [0.4, 0.5) is 5.69 Å². The third-order valence-corrected chi connectivity index (χ3v) is 2.10. The van der Waals surface area contributed by atoms with Crippen LogP contribution in [0.25, 0.3) is 0 Å². The third-order valence-electron chi connectivity index (χ3n) is 2.10. The van der Waals surface area contributed by atoms with Gasteiger partial charge in [0.1, 0.15) is 0 Å². The summed E-state index contributed by atoms with van der Waals surface area (Å²) in [5.74, 6) is 0. The second-order valence-corrected chi connectivity index (χ2v) is 3.52. The van der Waals surface area contributed by atoms with Crippen LogP contribution in [0.15, 0.2) is 23.2 Å². The minimum Gasteiger partial charge on any atom is -0.379 e. The topological polar surface area (TPSA) is 21.6 Å². The highest BCUT2D eigenvalue weighted by Crippen LogP contribution is 2.22. The van der Waals surface area contributed by atoms with Crippen molar-refractivity contribution in [2.45, 2.75) is 20.8 Å². The van der Waals surface area contributed by atoms with E-state index in [0.717, 1.165) is 11.4 Å². The van der Waals surface area contributed by atoms with E-state index in [1.54, 1.807) is 7.11 Å². The molecule has 0 bridgehead atoms. The molecule has 1 rings (SSSR count). The zero-order valence-electron chi connectivity index (χ0n) is 9.29. The number of ether oxygens (including phenoxy) is 1. The monoisotopic (exact) mass is 191 g/mol. The Labute approximate surface area is 85.6 Å². The van der Waals surface area contributed by atoms with Gasteiger partial charge in [0.15, 0.2) is 0 Å². The number of nitrogens with zero attached hydrogens (tertiary/aromatic N) is 1. The Morgan fingerprint density at radius 1 is 1.29 bits per heavy atom. The van der Waals surface area contributed by atoms with Gasteiger partial charge in [-0.1, -0.05) is 18.2 Å². The van der Waals surface area contributed by atoms with Gasteiger partial charge in [-0.3, -0.25) is 4.99 Å². The lowest BCUT2D eigenvalue weighted by Crippen LogP contribution is -2.01. The van der Waals surface area contributed by atoms with Gasteiger partial charge in [-0.15, -0.1) is 0 Å². The molecule has 0 atom stereocenters. The molecule has 1 aromatic rings. The maximum absolute atomic E-state index is 5.02. The Morgan fingerprint density at radius 2 is 1.86 bits per heavy atom. The lowest BCUT2D eigenvalue weighted by molar-refractivity contribution is 0.245. The number of benzene rings is 1. The summed E-state index contributed by atoms with van der Waals surface area (Å²) in [5, 5.41) is 0. The van der Waals surface area contributed by atoms with Crippen molar-refractivity contribution in [2.75, 3.05) is 13.7 Å². The lowest BCUT2D eigenvalue weighted by Gasteiger charge is -2.05. The van der Waals surface area contributed by atoms with Crippen LogP contribution >= 0.6 is 0 Å². The molecule has 0 aromatic heterocycles. The number of hydrogen-bond donors (Lipinski definition) is 0. The van der Waals surface area contributed by atoms with E-state index in [0.29, 0.717) is 6.61 Å². The molecule has 0 unspecified atom stereocenters. The summed E-state index contributed by atoms with van der Waals surface area (Å²) < 4.78 is 5.02. The Balaban J connectivity index is 3.01. The van der Waals surface area contributed by atoms with Gasteiger partial charge in [0, 0.05) is 12.8 Å². The highest BCUT2D eigenvalue weighted by molar-refractivity contribution is 5.86. The van der Waals surface area contributed by atoms with E-state index in [4.69, 9.17) is 4.74 Å². The van der Waals surface area contributed by atoms with Crippen LogP contribution in [-0.4, -0.2) is 19.4 Å². The van der Waals surface area contributed by atoms with E-state index in [2.05, 4.69) is 37.0 Å². The number of rotatable bonds is 3. The molecule has 0 radical (unpaired) electrons. The first kappa shape index (κ1) is 10.9. The fourth-order valence-corrected chi connectivity index (χ4v) is 1.41. The molecule has 0 aliphatic heterocycles. The van der Waals surface area contributed by atoms with Gasteiger partial charge in [-0.05, 0) is 31.9 Å². The van der Waals surface area contributed by atoms with E-state index in [1.807, 2.05) is 6.92 Å². The van der Waals surface area contributed by atoms with Gasteiger partial charge in [0.05, 0.1) is 12.3 Å². The maximum atomic E-state index is 5.02. The number of aryl methyl sites for hydroxylation is 2. The summed E-state index contributed by atoms with van der Waals surface area (Å²) in [6, 6.07) is 6.20. The largest absolute Gasteiger partial charge is 0.379 e. The van der Waals surface area contributed by atoms with Gasteiger partial charge in [-0.2, -0.15) is 0 Å². The van der Waals surface area contributed by atoms with Crippen molar-refractivity contribution in [3.8, 4) is 0 Å². The molecule has 0 aliphatic rings. The van der Waals surface area contributed by atoms with E-state index >= 15 is 0 Å². The van der Waals surface area contributed by atoms with Crippen molar-refractivity contribution >= 4 is 11.4 Å². The summed E-state index contributed by atoms with van der Waals surface area (Å²) in [7, 11) is 1.68. The number of para-hydroxylation sites is 1. The van der Waals surface area contributed by atoms with Gasteiger partial charge in [0.2, 0.25) is 0 Å². The highest BCUT2D eigenvalue weighted by atomic mass is 16.5. The van der Waals surface area contributed by atoms with E-state index in [1.165, 1.54) is 11.1 Å². The van der Waals surface area contributed by atoms with Crippen LogP contribution in [0.2, 0.25) is 0 Å². The first-order valence-corrected chi connectivity index (χ1v) is 4.74. The van der Waals surface area contributed by atoms with Crippen molar-refractivity contribution < 1.29 is 4.74 Å². The Kier molecular flexibility index (Phi) is 3.84.